The first-order valence-electron chi connectivity index (χ1n) is 19.8. The van der Waals surface area contributed by atoms with Crippen LogP contribution < -0.4 is 49.5 Å². The van der Waals surface area contributed by atoms with E-state index in [4.69, 9.17) is 22.9 Å². The third-order valence-electron chi connectivity index (χ3n) is 9.62. The fourth-order valence-electron chi connectivity index (χ4n) is 6.50. The molecule has 15 N–H and O–H groups in total. The smallest absolute Gasteiger partial charge is 0.243 e. The van der Waals surface area contributed by atoms with Crippen molar-refractivity contribution in [3.8, 4) is 0 Å². The number of amides is 6. The molecular formula is C41H57N13O6. The summed E-state index contributed by atoms with van der Waals surface area (Å²) in [7, 11) is 0. The van der Waals surface area contributed by atoms with Crippen LogP contribution in [0, 0.1) is 5.92 Å². The summed E-state index contributed by atoms with van der Waals surface area (Å²) in [6.07, 6.45) is 5.25. The maximum absolute atomic E-state index is 14.4. The number of aliphatic imine (C=N–C) groups is 1. The fourth-order valence-corrected chi connectivity index (χ4v) is 6.50. The Hall–Kier alpha value is -6.76. The van der Waals surface area contributed by atoms with Crippen LogP contribution in [-0.2, 0) is 48.0 Å². The third-order valence-corrected chi connectivity index (χ3v) is 9.62. The number of rotatable bonds is 23. The summed E-state index contributed by atoms with van der Waals surface area (Å²) >= 11 is 0. The summed E-state index contributed by atoms with van der Waals surface area (Å²) in [5.41, 5.74) is 25.2. The first-order valence-corrected chi connectivity index (χ1v) is 19.8. The molecule has 19 nitrogen and oxygen atoms in total. The zero-order valence-corrected chi connectivity index (χ0v) is 34.1. The van der Waals surface area contributed by atoms with Gasteiger partial charge in [-0.2, -0.15) is 0 Å². The second-order valence-electron chi connectivity index (χ2n) is 15.1. The Morgan fingerprint density at radius 2 is 1.27 bits per heavy atom. The summed E-state index contributed by atoms with van der Waals surface area (Å²) in [5, 5.41) is 14.5. The molecule has 6 amide bonds. The van der Waals surface area contributed by atoms with Crippen LogP contribution in [-0.4, -0.2) is 99.2 Å². The highest BCUT2D eigenvalue weighted by Gasteiger charge is 2.33. The number of aromatic nitrogens is 3. The number of guanidine groups is 1. The molecule has 0 aliphatic heterocycles. The third kappa shape index (κ3) is 14.3. The summed E-state index contributed by atoms with van der Waals surface area (Å²) in [6, 6.07) is 9.59. The van der Waals surface area contributed by atoms with E-state index in [1.54, 1.807) is 36.5 Å². The molecule has 60 heavy (non-hydrogen) atoms. The fraction of sp³-hybridized carbons (Fsp3) is 0.415. The van der Waals surface area contributed by atoms with E-state index in [0.29, 0.717) is 16.8 Å². The maximum Gasteiger partial charge on any atom is 0.243 e. The molecule has 0 unspecified atom stereocenters. The van der Waals surface area contributed by atoms with Crippen LogP contribution in [0.5, 0.6) is 0 Å². The Balaban J connectivity index is 1.65. The minimum atomic E-state index is -1.27. The van der Waals surface area contributed by atoms with Crippen LogP contribution in [0.25, 0.3) is 10.9 Å². The standard InChI is InChI=1S/C41H57N13O6/c1-23(2)16-32(52-36(56)24(3)42)38(58)50-30(14-9-15-47-41(44)45)37(57)53-33(17-25-10-5-4-6-11-25)39(59)54-34(18-26-20-48-29-13-8-7-12-28(26)29)40(60)51-31(35(43)55)19-27-21-46-22-49-27/h4-8,10-13,20-24,30-34,48H,9,14-19,42H2,1-3H3,(H2,43,55)(H,46,49)(H,50,58)(H,51,60)(H,52,56)(H,53,57)(H,54,59)(H4,44,45,47)/t24-,30-,31-,32-,33-,34-/m0/s1. The lowest BCUT2D eigenvalue weighted by Gasteiger charge is -2.27. The first kappa shape index (κ1) is 45.9. The van der Waals surface area contributed by atoms with Gasteiger partial charge in [-0.25, -0.2) is 4.98 Å². The highest BCUT2D eigenvalue weighted by Crippen LogP contribution is 2.20. The van der Waals surface area contributed by atoms with Crippen molar-refractivity contribution in [1.82, 2.24) is 41.5 Å². The average Bonchev–Trinajstić information content (AvgIpc) is 3.88. The minimum Gasteiger partial charge on any atom is -0.370 e. The van der Waals surface area contributed by atoms with Crippen molar-refractivity contribution in [2.45, 2.75) is 95.5 Å². The summed E-state index contributed by atoms with van der Waals surface area (Å²) in [6.45, 7) is 5.39. The molecule has 19 heteroatoms. The molecule has 0 aliphatic rings. The molecule has 0 spiro atoms. The van der Waals surface area contributed by atoms with Crippen molar-refractivity contribution in [3.05, 3.63) is 90.1 Å². The highest BCUT2D eigenvalue weighted by molar-refractivity contribution is 5.97. The molecular weight excluding hydrogens is 771 g/mol. The molecule has 0 radical (unpaired) electrons. The molecule has 0 fully saturated rings. The van der Waals surface area contributed by atoms with Crippen molar-refractivity contribution < 1.29 is 28.8 Å². The van der Waals surface area contributed by atoms with Gasteiger partial charge in [-0.05, 0) is 49.3 Å². The van der Waals surface area contributed by atoms with E-state index in [1.165, 1.54) is 19.4 Å². The lowest BCUT2D eigenvalue weighted by atomic mass is 10.00. The van der Waals surface area contributed by atoms with Gasteiger partial charge in [0.2, 0.25) is 35.4 Å². The number of aromatic amines is 2. The molecule has 2 aromatic heterocycles. The Bertz CT molecular complexity index is 2080. The Labute approximate surface area is 348 Å². The van der Waals surface area contributed by atoms with E-state index in [0.717, 1.165) is 10.9 Å². The number of nitrogens with zero attached hydrogens (tertiary/aromatic N) is 2. The predicted molar refractivity (Wildman–Crippen MR) is 226 cm³/mol. The number of hydrogen-bond donors (Lipinski definition) is 11. The highest BCUT2D eigenvalue weighted by atomic mass is 16.2. The van der Waals surface area contributed by atoms with Crippen LogP contribution in [0.4, 0.5) is 0 Å². The number of nitrogens with one attached hydrogen (secondary N) is 7. The Morgan fingerprint density at radius 3 is 1.88 bits per heavy atom. The second kappa shape index (κ2) is 22.4. The number of primary amides is 1. The molecule has 2 aromatic carbocycles. The molecule has 0 saturated carbocycles. The molecule has 0 saturated heterocycles. The largest absolute Gasteiger partial charge is 0.370 e. The molecule has 4 rings (SSSR count). The van der Waals surface area contributed by atoms with Crippen LogP contribution in [0.15, 0.2) is 78.3 Å². The number of fused-ring (bicyclic) bond motifs is 1. The molecule has 2 heterocycles. The number of hydrogen-bond acceptors (Lipinski definition) is 9. The number of carbonyl (C=O) groups is 6. The van der Waals surface area contributed by atoms with Crippen LogP contribution in [0.1, 0.15) is 56.9 Å². The molecule has 4 aromatic rings. The van der Waals surface area contributed by atoms with Gasteiger partial charge in [0.1, 0.15) is 30.2 Å². The molecule has 322 valence electrons. The molecule has 6 atom stereocenters. The van der Waals surface area contributed by atoms with Crippen molar-refractivity contribution in [1.29, 1.82) is 0 Å². The summed E-state index contributed by atoms with van der Waals surface area (Å²) in [5.74, 6) is -4.26. The van der Waals surface area contributed by atoms with E-state index in [2.05, 4.69) is 46.5 Å². The van der Waals surface area contributed by atoms with Gasteiger partial charge in [0, 0.05) is 54.8 Å². The number of para-hydroxylation sites is 1. The number of carbonyl (C=O) groups excluding carboxylic acids is 6. The number of benzene rings is 2. The SMILES string of the molecule is CC(C)C[C@H](NC(=O)[C@H](C)N)C(=O)N[C@@H](CCCN=C(N)N)C(=O)N[C@@H](Cc1ccccc1)C(=O)N[C@@H](Cc1c[nH]c2ccccc12)C(=O)N[C@@H](Cc1cnc[nH]1)C(N)=O. The Morgan fingerprint density at radius 1 is 0.683 bits per heavy atom. The summed E-state index contributed by atoms with van der Waals surface area (Å²) < 4.78 is 0. The second-order valence-corrected chi connectivity index (χ2v) is 15.1. The predicted octanol–water partition coefficient (Wildman–Crippen LogP) is -0.725. The zero-order chi connectivity index (χ0) is 43.8. The van der Waals surface area contributed by atoms with Gasteiger partial charge in [-0.15, -0.1) is 0 Å². The summed E-state index contributed by atoms with van der Waals surface area (Å²) in [4.78, 5) is 95.6. The van der Waals surface area contributed by atoms with Gasteiger partial charge in [0.05, 0.1) is 12.4 Å². The first-order chi connectivity index (χ1) is 28.6. The number of H-pyrrole nitrogens is 2. The van der Waals surface area contributed by atoms with Gasteiger partial charge in [0.25, 0.3) is 0 Å². The van der Waals surface area contributed by atoms with E-state index in [-0.39, 0.29) is 56.9 Å². The monoisotopic (exact) mass is 827 g/mol. The van der Waals surface area contributed by atoms with Crippen LogP contribution in [0.2, 0.25) is 0 Å². The average molecular weight is 828 g/mol. The van der Waals surface area contributed by atoms with Gasteiger partial charge in [0.15, 0.2) is 5.96 Å². The molecule has 0 aliphatic carbocycles. The lowest BCUT2D eigenvalue weighted by molar-refractivity contribution is -0.135. The van der Waals surface area contributed by atoms with E-state index >= 15 is 0 Å². The van der Waals surface area contributed by atoms with Gasteiger partial charge in [-0.1, -0.05) is 62.4 Å². The molecule has 0 bridgehead atoms. The topological polar surface area (TPSA) is 323 Å². The van der Waals surface area contributed by atoms with Crippen LogP contribution >= 0.6 is 0 Å². The number of imidazole rings is 1. The van der Waals surface area contributed by atoms with Crippen molar-refractivity contribution >= 4 is 52.3 Å². The van der Waals surface area contributed by atoms with E-state index in [9.17, 15) is 28.8 Å². The lowest BCUT2D eigenvalue weighted by Crippen LogP contribution is -2.60. The minimum absolute atomic E-state index is 0.00133. The van der Waals surface area contributed by atoms with E-state index < -0.39 is 71.7 Å². The van der Waals surface area contributed by atoms with Gasteiger partial charge >= 0.3 is 0 Å². The maximum atomic E-state index is 14.4. The van der Waals surface area contributed by atoms with Crippen molar-refractivity contribution in [2.75, 3.05) is 6.54 Å². The van der Waals surface area contributed by atoms with Crippen LogP contribution in [0.3, 0.4) is 0 Å². The normalized spacial score (nSPS) is 14.2. The van der Waals surface area contributed by atoms with Crippen molar-refractivity contribution in [2.24, 2.45) is 33.8 Å². The van der Waals surface area contributed by atoms with Gasteiger partial charge < -0.3 is 59.5 Å². The van der Waals surface area contributed by atoms with Crippen molar-refractivity contribution in [3.63, 3.8) is 0 Å². The van der Waals surface area contributed by atoms with Gasteiger partial charge in [-0.3, -0.25) is 33.8 Å². The Kier molecular flexibility index (Phi) is 17.2. The zero-order valence-electron chi connectivity index (χ0n) is 34.1. The van der Waals surface area contributed by atoms with E-state index in [1.807, 2.05) is 38.1 Å². The number of nitrogens with two attached hydrogens (primary N) is 4. The quantitative estimate of drug-likeness (QED) is 0.0253.